The summed E-state index contributed by atoms with van der Waals surface area (Å²) in [6.45, 7) is 4.34. The lowest BCUT2D eigenvalue weighted by Gasteiger charge is -2.38. The van der Waals surface area contributed by atoms with Gasteiger partial charge in [-0.2, -0.15) is 4.31 Å². The smallest absolute Gasteiger partial charge is 0.253 e. The van der Waals surface area contributed by atoms with Crippen molar-refractivity contribution in [3.05, 3.63) is 35.1 Å². The van der Waals surface area contributed by atoms with Crippen LogP contribution < -0.4 is 0 Å². The Morgan fingerprint density at radius 2 is 2.00 bits per heavy atom. The zero-order valence-corrected chi connectivity index (χ0v) is 13.2. The fourth-order valence-electron chi connectivity index (χ4n) is 2.58. The molecule has 1 saturated heterocycles. The molecule has 0 bridgehead atoms. The molecule has 0 aromatic heterocycles. The molecule has 0 unspecified atom stereocenters. The summed E-state index contributed by atoms with van der Waals surface area (Å²) < 4.78 is 37.9. The SMILES string of the molecule is Cc1cc(C(=O)N2CCN(S(C)(=O)=O)[C@@H](C)C2)ccc1F. The summed E-state index contributed by atoms with van der Waals surface area (Å²) in [7, 11) is -3.26. The second kappa shape index (κ2) is 5.73. The highest BCUT2D eigenvalue weighted by Crippen LogP contribution is 2.17. The Kier molecular flexibility index (Phi) is 4.34. The standard InChI is InChI=1S/C14H19FN2O3S/c1-10-8-12(4-5-13(10)15)14(18)16-6-7-17(11(2)9-16)21(3,19)20/h4-5,8,11H,6-7,9H2,1-3H3/t11-/m0/s1. The van der Waals surface area contributed by atoms with E-state index in [-0.39, 0.29) is 24.3 Å². The number of rotatable bonds is 2. The third-order valence-electron chi connectivity index (χ3n) is 3.68. The molecule has 1 aromatic carbocycles. The molecule has 1 aliphatic rings. The first-order valence-corrected chi connectivity index (χ1v) is 8.57. The number of sulfonamides is 1. The largest absolute Gasteiger partial charge is 0.336 e. The Morgan fingerprint density at radius 1 is 1.33 bits per heavy atom. The molecule has 116 valence electrons. The van der Waals surface area contributed by atoms with Gasteiger partial charge in [-0.3, -0.25) is 4.79 Å². The van der Waals surface area contributed by atoms with Crippen LogP contribution in [0.25, 0.3) is 0 Å². The van der Waals surface area contributed by atoms with Gasteiger partial charge in [-0.1, -0.05) is 0 Å². The number of hydrogen-bond acceptors (Lipinski definition) is 3. The minimum atomic E-state index is -3.26. The Balaban J connectivity index is 2.14. The number of nitrogens with zero attached hydrogens (tertiary/aromatic N) is 2. The number of halogens is 1. The summed E-state index contributed by atoms with van der Waals surface area (Å²) in [5, 5.41) is 0. The number of benzene rings is 1. The minimum absolute atomic E-state index is 0.196. The number of amides is 1. The summed E-state index contributed by atoms with van der Waals surface area (Å²) in [6.07, 6.45) is 1.17. The van der Waals surface area contributed by atoms with Gasteiger partial charge in [0.1, 0.15) is 5.82 Å². The van der Waals surface area contributed by atoms with Gasteiger partial charge in [0.25, 0.3) is 5.91 Å². The molecule has 5 nitrogen and oxygen atoms in total. The highest BCUT2D eigenvalue weighted by molar-refractivity contribution is 7.88. The van der Waals surface area contributed by atoms with Crippen molar-refractivity contribution in [2.75, 3.05) is 25.9 Å². The molecular weight excluding hydrogens is 295 g/mol. The molecule has 2 rings (SSSR count). The Labute approximate surface area is 124 Å². The van der Waals surface area contributed by atoms with Gasteiger partial charge in [-0.05, 0) is 37.6 Å². The van der Waals surface area contributed by atoms with Crippen LogP contribution in [0.2, 0.25) is 0 Å². The zero-order valence-electron chi connectivity index (χ0n) is 12.3. The number of carbonyl (C=O) groups excluding carboxylic acids is 1. The molecule has 0 saturated carbocycles. The molecule has 0 N–H and O–H groups in total. The molecule has 0 aliphatic carbocycles. The van der Waals surface area contributed by atoms with Crippen LogP contribution >= 0.6 is 0 Å². The van der Waals surface area contributed by atoms with Crippen LogP contribution in [-0.4, -0.2) is 55.5 Å². The minimum Gasteiger partial charge on any atom is -0.336 e. The Morgan fingerprint density at radius 3 is 2.52 bits per heavy atom. The molecule has 1 aliphatic heterocycles. The van der Waals surface area contributed by atoms with Gasteiger partial charge in [-0.25, -0.2) is 12.8 Å². The average Bonchev–Trinajstić information content (AvgIpc) is 2.39. The van der Waals surface area contributed by atoms with Gasteiger partial charge in [0.15, 0.2) is 0 Å². The van der Waals surface area contributed by atoms with Crippen molar-refractivity contribution in [2.45, 2.75) is 19.9 Å². The molecule has 21 heavy (non-hydrogen) atoms. The molecule has 0 spiro atoms. The lowest BCUT2D eigenvalue weighted by Crippen LogP contribution is -2.55. The third kappa shape index (κ3) is 3.41. The van der Waals surface area contributed by atoms with Gasteiger partial charge >= 0.3 is 0 Å². The van der Waals surface area contributed by atoms with Crippen molar-refractivity contribution in [2.24, 2.45) is 0 Å². The van der Waals surface area contributed by atoms with Gasteiger partial charge in [0.05, 0.1) is 6.26 Å². The maximum absolute atomic E-state index is 13.3. The maximum atomic E-state index is 13.3. The zero-order chi connectivity index (χ0) is 15.8. The maximum Gasteiger partial charge on any atom is 0.253 e. The predicted molar refractivity (Wildman–Crippen MR) is 78.1 cm³/mol. The van der Waals surface area contributed by atoms with E-state index in [4.69, 9.17) is 0 Å². The third-order valence-corrected chi connectivity index (χ3v) is 5.08. The molecule has 1 aromatic rings. The number of piperazine rings is 1. The van der Waals surface area contributed by atoms with Crippen LogP contribution in [0.3, 0.4) is 0 Å². The van der Waals surface area contributed by atoms with Crippen LogP contribution in [0.15, 0.2) is 18.2 Å². The van der Waals surface area contributed by atoms with E-state index < -0.39 is 10.0 Å². The van der Waals surface area contributed by atoms with E-state index in [2.05, 4.69) is 0 Å². The first kappa shape index (κ1) is 15.9. The van der Waals surface area contributed by atoms with Crippen molar-refractivity contribution >= 4 is 15.9 Å². The van der Waals surface area contributed by atoms with Gasteiger partial charge in [0, 0.05) is 31.2 Å². The fraction of sp³-hybridized carbons (Fsp3) is 0.500. The molecular formula is C14H19FN2O3S. The highest BCUT2D eigenvalue weighted by atomic mass is 32.2. The molecule has 1 amide bonds. The number of carbonyl (C=O) groups is 1. The summed E-state index contributed by atoms with van der Waals surface area (Å²) in [4.78, 5) is 14.0. The van der Waals surface area contributed by atoms with Crippen molar-refractivity contribution in [1.82, 2.24) is 9.21 Å². The lowest BCUT2D eigenvalue weighted by molar-refractivity contribution is 0.0642. The lowest BCUT2D eigenvalue weighted by atomic mass is 10.1. The monoisotopic (exact) mass is 314 g/mol. The predicted octanol–water partition coefficient (Wildman–Crippen LogP) is 1.24. The summed E-state index contributed by atoms with van der Waals surface area (Å²) >= 11 is 0. The fourth-order valence-corrected chi connectivity index (χ4v) is 3.71. The topological polar surface area (TPSA) is 57.7 Å². The Hall–Kier alpha value is -1.47. The van der Waals surface area contributed by atoms with Crippen LogP contribution in [-0.2, 0) is 10.0 Å². The first-order valence-electron chi connectivity index (χ1n) is 6.72. The van der Waals surface area contributed by atoms with E-state index in [1.165, 1.54) is 28.8 Å². The first-order chi connectivity index (χ1) is 9.70. The van der Waals surface area contributed by atoms with Crippen LogP contribution in [0.5, 0.6) is 0 Å². The highest BCUT2D eigenvalue weighted by Gasteiger charge is 2.32. The molecule has 1 heterocycles. The van der Waals surface area contributed by atoms with Crippen LogP contribution in [0.4, 0.5) is 4.39 Å². The second-order valence-corrected chi connectivity index (χ2v) is 7.37. The average molecular weight is 314 g/mol. The summed E-state index contributed by atoms with van der Waals surface area (Å²) in [5.74, 6) is -0.542. The Bertz CT molecular complexity index is 660. The second-order valence-electron chi connectivity index (χ2n) is 5.44. The van der Waals surface area contributed by atoms with E-state index in [1.54, 1.807) is 18.7 Å². The summed E-state index contributed by atoms with van der Waals surface area (Å²) in [6, 6.07) is 3.99. The van der Waals surface area contributed by atoms with Crippen molar-refractivity contribution in [3.63, 3.8) is 0 Å². The molecule has 1 atom stereocenters. The van der Waals surface area contributed by atoms with Crippen molar-refractivity contribution in [3.8, 4) is 0 Å². The van der Waals surface area contributed by atoms with Crippen LogP contribution in [0.1, 0.15) is 22.8 Å². The molecule has 1 fully saturated rings. The number of hydrogen-bond donors (Lipinski definition) is 0. The van der Waals surface area contributed by atoms with Gasteiger partial charge in [-0.15, -0.1) is 0 Å². The summed E-state index contributed by atoms with van der Waals surface area (Å²) in [5.41, 5.74) is 0.845. The van der Waals surface area contributed by atoms with E-state index in [0.717, 1.165) is 0 Å². The van der Waals surface area contributed by atoms with Crippen LogP contribution in [0, 0.1) is 12.7 Å². The van der Waals surface area contributed by atoms with Crippen molar-refractivity contribution < 1.29 is 17.6 Å². The van der Waals surface area contributed by atoms with Gasteiger partial charge < -0.3 is 4.90 Å². The van der Waals surface area contributed by atoms with E-state index >= 15 is 0 Å². The van der Waals surface area contributed by atoms with E-state index in [0.29, 0.717) is 24.2 Å². The number of aryl methyl sites for hydroxylation is 1. The van der Waals surface area contributed by atoms with Crippen molar-refractivity contribution in [1.29, 1.82) is 0 Å². The van der Waals surface area contributed by atoms with E-state index in [9.17, 15) is 17.6 Å². The normalized spacial score (nSPS) is 20.6. The molecule has 7 heteroatoms. The van der Waals surface area contributed by atoms with Gasteiger partial charge in [0.2, 0.25) is 10.0 Å². The van der Waals surface area contributed by atoms with E-state index in [1.807, 2.05) is 0 Å². The quantitative estimate of drug-likeness (QED) is 0.825. The molecule has 0 radical (unpaired) electrons.